The van der Waals surface area contributed by atoms with Gasteiger partial charge in [-0.05, 0) is 42.3 Å². The summed E-state index contributed by atoms with van der Waals surface area (Å²) in [5.41, 5.74) is 1.44. The molecule has 1 atom stereocenters. The zero-order valence-electron chi connectivity index (χ0n) is 17.5. The fourth-order valence-electron chi connectivity index (χ4n) is 2.71. The number of benzene rings is 2. The van der Waals surface area contributed by atoms with Crippen LogP contribution in [-0.4, -0.2) is 55.3 Å². The molecule has 0 aliphatic heterocycles. The van der Waals surface area contributed by atoms with Crippen LogP contribution in [0.1, 0.15) is 18.1 Å². The smallest absolute Gasteiger partial charge is 0.242 e. The van der Waals surface area contributed by atoms with Gasteiger partial charge in [0, 0.05) is 25.2 Å². The Morgan fingerprint density at radius 3 is 2.16 bits per heavy atom. The molecular formula is C21H25ClFN3O4S. The van der Waals surface area contributed by atoms with Gasteiger partial charge in [0.15, 0.2) is 0 Å². The van der Waals surface area contributed by atoms with Gasteiger partial charge in [0.05, 0.1) is 12.8 Å². The maximum atomic E-state index is 13.2. The first-order valence-electron chi connectivity index (χ1n) is 9.44. The van der Waals surface area contributed by atoms with Crippen molar-refractivity contribution >= 4 is 33.4 Å². The highest BCUT2D eigenvalue weighted by atomic mass is 35.5. The lowest BCUT2D eigenvalue weighted by Crippen LogP contribution is -2.50. The van der Waals surface area contributed by atoms with Crippen LogP contribution < -0.4 is 5.32 Å². The van der Waals surface area contributed by atoms with Gasteiger partial charge in [-0.2, -0.15) is 4.31 Å². The number of carbonyl (C=O) groups is 2. The minimum absolute atomic E-state index is 0.0201. The second-order valence-corrected chi connectivity index (χ2v) is 9.71. The van der Waals surface area contributed by atoms with Crippen LogP contribution in [0.4, 0.5) is 4.39 Å². The van der Waals surface area contributed by atoms with Gasteiger partial charge in [0.1, 0.15) is 11.9 Å². The number of nitrogens with zero attached hydrogens (tertiary/aromatic N) is 2. The van der Waals surface area contributed by atoms with Crippen LogP contribution in [0.3, 0.4) is 0 Å². The molecule has 10 heteroatoms. The average Bonchev–Trinajstić information content (AvgIpc) is 2.71. The maximum Gasteiger partial charge on any atom is 0.242 e. The molecule has 0 bridgehead atoms. The number of rotatable bonds is 9. The van der Waals surface area contributed by atoms with Crippen molar-refractivity contribution in [3.05, 3.63) is 70.5 Å². The highest BCUT2D eigenvalue weighted by Gasteiger charge is 2.28. The summed E-state index contributed by atoms with van der Waals surface area (Å²) in [6.45, 7) is 1.39. The Labute approximate surface area is 186 Å². The van der Waals surface area contributed by atoms with Gasteiger partial charge in [0.25, 0.3) is 0 Å². The Hall–Kier alpha value is -2.49. The van der Waals surface area contributed by atoms with E-state index in [0.717, 1.165) is 16.1 Å². The molecule has 0 fully saturated rings. The van der Waals surface area contributed by atoms with E-state index in [0.29, 0.717) is 10.6 Å². The molecule has 2 aromatic rings. The molecule has 1 N–H and O–H groups in total. The van der Waals surface area contributed by atoms with E-state index < -0.39 is 40.2 Å². The summed E-state index contributed by atoms with van der Waals surface area (Å²) in [6, 6.07) is 11.6. The Morgan fingerprint density at radius 1 is 1.06 bits per heavy atom. The van der Waals surface area contributed by atoms with E-state index in [-0.39, 0.29) is 13.1 Å². The Kier molecular flexibility index (Phi) is 8.55. The van der Waals surface area contributed by atoms with Crippen LogP contribution in [-0.2, 0) is 32.7 Å². The molecule has 0 radical (unpaired) electrons. The first kappa shape index (κ1) is 24.8. The van der Waals surface area contributed by atoms with E-state index in [1.165, 1.54) is 36.2 Å². The molecule has 168 valence electrons. The largest absolute Gasteiger partial charge is 0.350 e. The van der Waals surface area contributed by atoms with Gasteiger partial charge in [-0.1, -0.05) is 35.9 Å². The summed E-state index contributed by atoms with van der Waals surface area (Å²) in [6.07, 6.45) is 0.993. The van der Waals surface area contributed by atoms with Gasteiger partial charge in [-0.25, -0.2) is 12.8 Å². The molecule has 0 aliphatic carbocycles. The number of sulfonamides is 1. The van der Waals surface area contributed by atoms with Crippen molar-refractivity contribution in [1.82, 2.24) is 14.5 Å². The van der Waals surface area contributed by atoms with Crippen LogP contribution in [0.2, 0.25) is 5.02 Å². The summed E-state index contributed by atoms with van der Waals surface area (Å²) in [4.78, 5) is 26.9. The van der Waals surface area contributed by atoms with E-state index in [2.05, 4.69) is 5.32 Å². The molecule has 0 saturated heterocycles. The number of amides is 2. The maximum absolute atomic E-state index is 13.2. The van der Waals surface area contributed by atoms with Crippen molar-refractivity contribution in [2.75, 3.05) is 19.8 Å². The standard InChI is InChI=1S/C21H25ClFN3O4S/c1-15(21(28)24-12-16-4-8-18(22)9-5-16)26(13-17-6-10-19(23)11-7-17)20(27)14-25(2)31(3,29)30/h4-11,15H,12-14H2,1-3H3,(H,24,28). The van der Waals surface area contributed by atoms with Crippen LogP contribution in [0.25, 0.3) is 0 Å². The minimum atomic E-state index is -3.58. The molecule has 31 heavy (non-hydrogen) atoms. The number of halogens is 2. The van der Waals surface area contributed by atoms with Gasteiger partial charge in [-0.3, -0.25) is 9.59 Å². The lowest BCUT2D eigenvalue weighted by molar-refractivity contribution is -0.140. The molecule has 0 aliphatic rings. The molecular weight excluding hydrogens is 445 g/mol. The minimum Gasteiger partial charge on any atom is -0.350 e. The Bertz CT molecular complexity index is 1010. The third kappa shape index (κ3) is 7.61. The molecule has 2 rings (SSSR count). The Morgan fingerprint density at radius 2 is 1.61 bits per heavy atom. The van der Waals surface area contributed by atoms with Gasteiger partial charge >= 0.3 is 0 Å². The van der Waals surface area contributed by atoms with Crippen molar-refractivity contribution in [3.8, 4) is 0 Å². The highest BCUT2D eigenvalue weighted by Crippen LogP contribution is 2.13. The summed E-state index contributed by atoms with van der Waals surface area (Å²) in [7, 11) is -2.29. The fourth-order valence-corrected chi connectivity index (χ4v) is 3.18. The van der Waals surface area contributed by atoms with Crippen molar-refractivity contribution in [2.45, 2.75) is 26.1 Å². The highest BCUT2D eigenvalue weighted by molar-refractivity contribution is 7.88. The predicted octanol–water partition coefficient (Wildman–Crippen LogP) is 2.40. The normalized spacial score (nSPS) is 12.5. The predicted molar refractivity (Wildman–Crippen MR) is 117 cm³/mol. The van der Waals surface area contributed by atoms with E-state index >= 15 is 0 Å². The van der Waals surface area contributed by atoms with Crippen LogP contribution in [0.15, 0.2) is 48.5 Å². The van der Waals surface area contributed by atoms with Crippen molar-refractivity contribution in [1.29, 1.82) is 0 Å². The SMILES string of the molecule is CC(C(=O)NCc1ccc(Cl)cc1)N(Cc1ccc(F)cc1)C(=O)CN(C)S(C)(=O)=O. The van der Waals surface area contributed by atoms with Crippen molar-refractivity contribution in [3.63, 3.8) is 0 Å². The second kappa shape index (κ2) is 10.7. The topological polar surface area (TPSA) is 86.8 Å². The number of hydrogen-bond donors (Lipinski definition) is 1. The van der Waals surface area contributed by atoms with Crippen LogP contribution in [0.5, 0.6) is 0 Å². The molecule has 0 saturated carbocycles. The van der Waals surface area contributed by atoms with Gasteiger partial charge in [-0.15, -0.1) is 0 Å². The molecule has 1 unspecified atom stereocenters. The molecule has 7 nitrogen and oxygen atoms in total. The molecule has 0 heterocycles. The number of carbonyl (C=O) groups excluding carboxylic acids is 2. The monoisotopic (exact) mass is 469 g/mol. The van der Waals surface area contributed by atoms with Crippen LogP contribution >= 0.6 is 11.6 Å². The average molecular weight is 470 g/mol. The van der Waals surface area contributed by atoms with Crippen molar-refractivity contribution in [2.24, 2.45) is 0 Å². The zero-order valence-corrected chi connectivity index (χ0v) is 19.1. The number of nitrogens with one attached hydrogen (secondary N) is 1. The molecule has 2 aromatic carbocycles. The molecule has 0 aromatic heterocycles. The third-order valence-corrected chi connectivity index (χ3v) is 6.25. The lowest BCUT2D eigenvalue weighted by atomic mass is 10.1. The summed E-state index contributed by atoms with van der Waals surface area (Å²) in [5.74, 6) is -1.38. The summed E-state index contributed by atoms with van der Waals surface area (Å²) >= 11 is 5.86. The first-order valence-corrected chi connectivity index (χ1v) is 11.7. The fraction of sp³-hybridized carbons (Fsp3) is 0.333. The Balaban J connectivity index is 2.16. The number of likely N-dealkylation sites (N-methyl/N-ethyl adjacent to an activating group) is 1. The van der Waals surface area contributed by atoms with Gasteiger partial charge < -0.3 is 10.2 Å². The summed E-state index contributed by atoms with van der Waals surface area (Å²) < 4.78 is 37.5. The first-order chi connectivity index (χ1) is 14.5. The zero-order chi connectivity index (χ0) is 23.2. The quantitative estimate of drug-likeness (QED) is 0.611. The molecule has 2 amide bonds. The van der Waals surface area contributed by atoms with E-state index in [9.17, 15) is 22.4 Å². The van der Waals surface area contributed by atoms with E-state index in [4.69, 9.17) is 11.6 Å². The van der Waals surface area contributed by atoms with Crippen LogP contribution in [0, 0.1) is 5.82 Å². The second-order valence-electron chi connectivity index (χ2n) is 7.19. The van der Waals surface area contributed by atoms with Gasteiger partial charge in [0.2, 0.25) is 21.8 Å². The molecule has 0 spiro atoms. The van der Waals surface area contributed by atoms with E-state index in [1.54, 1.807) is 31.2 Å². The van der Waals surface area contributed by atoms with Crippen molar-refractivity contribution < 1.29 is 22.4 Å². The third-order valence-electron chi connectivity index (χ3n) is 4.74. The summed E-state index contributed by atoms with van der Waals surface area (Å²) in [5, 5.41) is 3.34. The van der Waals surface area contributed by atoms with E-state index in [1.807, 2.05) is 0 Å². The number of hydrogen-bond acceptors (Lipinski definition) is 4. The lowest BCUT2D eigenvalue weighted by Gasteiger charge is -2.30.